The summed E-state index contributed by atoms with van der Waals surface area (Å²) in [4.78, 5) is 11.7. The molecule has 0 heterocycles. The number of ketones is 1. The van der Waals surface area contributed by atoms with Crippen molar-refractivity contribution in [3.05, 3.63) is 58.7 Å². The van der Waals surface area contributed by atoms with E-state index < -0.39 is 0 Å². The van der Waals surface area contributed by atoms with Crippen LogP contribution >= 0.6 is 0 Å². The molecule has 2 aromatic rings. The Kier molecular flexibility index (Phi) is 4.14. The summed E-state index contributed by atoms with van der Waals surface area (Å²) in [5.74, 6) is 1.93. The second-order valence-electron chi connectivity index (χ2n) is 5.67. The third kappa shape index (κ3) is 2.98. The van der Waals surface area contributed by atoms with Gasteiger partial charge in [-0.3, -0.25) is 4.79 Å². The number of fused-ring (bicyclic) bond motifs is 1. The van der Waals surface area contributed by atoms with Crippen LogP contribution in [-0.4, -0.2) is 19.0 Å². The Hall–Kier alpha value is -2.29. The van der Waals surface area contributed by atoms with Crippen LogP contribution in [0.2, 0.25) is 0 Å². The monoisotopic (exact) mass is 296 g/mol. The molecule has 0 amide bonds. The van der Waals surface area contributed by atoms with Crippen LogP contribution in [-0.2, 0) is 6.42 Å². The van der Waals surface area contributed by atoms with E-state index in [0.717, 1.165) is 34.6 Å². The fraction of sp³-hybridized carbons (Fsp3) is 0.316. The summed E-state index contributed by atoms with van der Waals surface area (Å²) in [5, 5.41) is 0. The van der Waals surface area contributed by atoms with E-state index >= 15 is 0 Å². The molecule has 0 bridgehead atoms. The summed E-state index contributed by atoms with van der Waals surface area (Å²) >= 11 is 0. The normalized spacial score (nSPS) is 13.1. The Morgan fingerprint density at radius 3 is 2.55 bits per heavy atom. The minimum atomic E-state index is 0.215. The number of rotatable bonds is 5. The van der Waals surface area contributed by atoms with Gasteiger partial charge >= 0.3 is 0 Å². The average molecular weight is 296 g/mol. The van der Waals surface area contributed by atoms with Gasteiger partial charge in [0.2, 0.25) is 0 Å². The van der Waals surface area contributed by atoms with Gasteiger partial charge in [-0.1, -0.05) is 24.3 Å². The highest BCUT2D eigenvalue weighted by Crippen LogP contribution is 2.30. The molecular formula is C19H20O3. The van der Waals surface area contributed by atoms with Crippen LogP contribution in [0.5, 0.6) is 11.5 Å². The van der Waals surface area contributed by atoms with Gasteiger partial charge in [-0.05, 0) is 43.5 Å². The predicted molar refractivity (Wildman–Crippen MR) is 86.0 cm³/mol. The number of carbonyl (C=O) groups is 1. The number of Topliss-reactive ketones (excluding diaryl/α,β-unsaturated/α-hetero) is 1. The second kappa shape index (κ2) is 6.22. The Morgan fingerprint density at radius 1 is 0.955 bits per heavy atom. The molecule has 0 atom stereocenters. The minimum Gasteiger partial charge on any atom is -0.490 e. The summed E-state index contributed by atoms with van der Waals surface area (Å²) in [6.07, 6.45) is 1.37. The largest absolute Gasteiger partial charge is 0.490 e. The molecule has 0 unspecified atom stereocenters. The molecule has 0 aromatic heterocycles. The zero-order valence-corrected chi connectivity index (χ0v) is 13.0. The van der Waals surface area contributed by atoms with Crippen molar-refractivity contribution in [2.24, 2.45) is 0 Å². The SMILES string of the molecule is Cc1ccc(C)c(OCCOc2cccc3c2CCC3=O)c1. The summed E-state index contributed by atoms with van der Waals surface area (Å²) in [5.41, 5.74) is 4.16. The number of hydrogen-bond donors (Lipinski definition) is 0. The summed E-state index contributed by atoms with van der Waals surface area (Å²) in [6, 6.07) is 11.8. The van der Waals surface area contributed by atoms with Crippen LogP contribution in [0.15, 0.2) is 36.4 Å². The topological polar surface area (TPSA) is 35.5 Å². The number of aryl methyl sites for hydroxylation is 2. The van der Waals surface area contributed by atoms with Crippen molar-refractivity contribution in [1.82, 2.24) is 0 Å². The van der Waals surface area contributed by atoms with E-state index in [-0.39, 0.29) is 5.78 Å². The standard InChI is InChI=1S/C19H20O3/c1-13-6-7-14(2)19(12-13)22-11-10-21-18-5-3-4-15-16(18)8-9-17(15)20/h3-7,12H,8-11H2,1-2H3. The Balaban J connectivity index is 1.58. The summed E-state index contributed by atoms with van der Waals surface area (Å²) < 4.78 is 11.6. The van der Waals surface area contributed by atoms with Crippen molar-refractivity contribution in [1.29, 1.82) is 0 Å². The Bertz CT molecular complexity index is 704. The van der Waals surface area contributed by atoms with Crippen LogP contribution in [0.4, 0.5) is 0 Å². The number of ether oxygens (including phenoxy) is 2. The van der Waals surface area contributed by atoms with E-state index in [1.165, 1.54) is 5.56 Å². The van der Waals surface area contributed by atoms with Gasteiger partial charge in [0.1, 0.15) is 24.7 Å². The average Bonchev–Trinajstić information content (AvgIpc) is 2.89. The quantitative estimate of drug-likeness (QED) is 0.785. The van der Waals surface area contributed by atoms with Crippen LogP contribution < -0.4 is 9.47 Å². The summed E-state index contributed by atoms with van der Waals surface area (Å²) in [6.45, 7) is 5.04. The second-order valence-corrected chi connectivity index (χ2v) is 5.67. The molecule has 0 aliphatic heterocycles. The highest BCUT2D eigenvalue weighted by Gasteiger charge is 2.22. The molecule has 0 fully saturated rings. The van der Waals surface area contributed by atoms with Gasteiger partial charge in [-0.25, -0.2) is 0 Å². The lowest BCUT2D eigenvalue weighted by atomic mass is 10.1. The number of hydrogen-bond acceptors (Lipinski definition) is 3. The van der Waals surface area contributed by atoms with Crippen molar-refractivity contribution >= 4 is 5.78 Å². The fourth-order valence-corrected chi connectivity index (χ4v) is 2.76. The van der Waals surface area contributed by atoms with Gasteiger partial charge < -0.3 is 9.47 Å². The van der Waals surface area contributed by atoms with Gasteiger partial charge in [-0.15, -0.1) is 0 Å². The lowest BCUT2D eigenvalue weighted by Gasteiger charge is -2.12. The molecule has 2 aromatic carbocycles. The fourth-order valence-electron chi connectivity index (χ4n) is 2.76. The first-order valence-electron chi connectivity index (χ1n) is 7.63. The molecule has 114 valence electrons. The highest BCUT2D eigenvalue weighted by atomic mass is 16.5. The molecule has 0 radical (unpaired) electrons. The molecule has 1 aliphatic rings. The van der Waals surface area contributed by atoms with Crippen molar-refractivity contribution in [2.45, 2.75) is 26.7 Å². The third-order valence-corrected chi connectivity index (χ3v) is 3.98. The molecule has 3 nitrogen and oxygen atoms in total. The molecular weight excluding hydrogens is 276 g/mol. The summed E-state index contributed by atoms with van der Waals surface area (Å²) in [7, 11) is 0. The maximum Gasteiger partial charge on any atom is 0.163 e. The van der Waals surface area contributed by atoms with E-state index in [0.29, 0.717) is 19.6 Å². The first-order valence-corrected chi connectivity index (χ1v) is 7.63. The lowest BCUT2D eigenvalue weighted by molar-refractivity contribution is 0.0994. The van der Waals surface area contributed by atoms with Crippen molar-refractivity contribution in [2.75, 3.05) is 13.2 Å². The van der Waals surface area contributed by atoms with Gasteiger partial charge in [0.25, 0.3) is 0 Å². The molecule has 1 aliphatic carbocycles. The van der Waals surface area contributed by atoms with Gasteiger partial charge in [0.15, 0.2) is 5.78 Å². The van der Waals surface area contributed by atoms with Crippen LogP contribution in [0, 0.1) is 13.8 Å². The van der Waals surface area contributed by atoms with Crippen molar-refractivity contribution in [3.8, 4) is 11.5 Å². The molecule has 0 saturated carbocycles. The van der Waals surface area contributed by atoms with E-state index in [4.69, 9.17) is 9.47 Å². The Labute approximate surface area is 130 Å². The first-order chi connectivity index (χ1) is 10.6. The van der Waals surface area contributed by atoms with E-state index in [1.807, 2.05) is 38.1 Å². The maximum atomic E-state index is 11.7. The van der Waals surface area contributed by atoms with Gasteiger partial charge in [0, 0.05) is 17.5 Å². The van der Waals surface area contributed by atoms with Crippen LogP contribution in [0.1, 0.15) is 33.5 Å². The minimum absolute atomic E-state index is 0.215. The molecule has 0 saturated heterocycles. The molecule has 3 rings (SSSR count). The number of benzene rings is 2. The zero-order chi connectivity index (χ0) is 15.5. The molecule has 3 heteroatoms. The first kappa shape index (κ1) is 14.6. The zero-order valence-electron chi connectivity index (χ0n) is 13.0. The molecule has 0 spiro atoms. The Morgan fingerprint density at radius 2 is 1.73 bits per heavy atom. The van der Waals surface area contributed by atoms with Crippen molar-refractivity contribution < 1.29 is 14.3 Å². The van der Waals surface area contributed by atoms with Crippen molar-refractivity contribution in [3.63, 3.8) is 0 Å². The van der Waals surface area contributed by atoms with E-state index in [2.05, 4.69) is 12.1 Å². The molecule has 0 N–H and O–H groups in total. The van der Waals surface area contributed by atoms with E-state index in [9.17, 15) is 4.79 Å². The highest BCUT2D eigenvalue weighted by molar-refractivity contribution is 6.01. The van der Waals surface area contributed by atoms with Gasteiger partial charge in [0.05, 0.1) is 0 Å². The van der Waals surface area contributed by atoms with Crippen LogP contribution in [0.25, 0.3) is 0 Å². The van der Waals surface area contributed by atoms with E-state index in [1.54, 1.807) is 0 Å². The third-order valence-electron chi connectivity index (χ3n) is 3.98. The maximum absolute atomic E-state index is 11.7. The molecule has 22 heavy (non-hydrogen) atoms. The van der Waals surface area contributed by atoms with Gasteiger partial charge in [-0.2, -0.15) is 0 Å². The number of carbonyl (C=O) groups excluding carboxylic acids is 1. The van der Waals surface area contributed by atoms with Crippen LogP contribution in [0.3, 0.4) is 0 Å². The smallest absolute Gasteiger partial charge is 0.163 e. The lowest BCUT2D eigenvalue weighted by Crippen LogP contribution is -2.10. The predicted octanol–water partition coefficient (Wildman–Crippen LogP) is 3.89.